The summed E-state index contributed by atoms with van der Waals surface area (Å²) in [6, 6.07) is 2.14. The molecule has 2 fully saturated rings. The van der Waals surface area contributed by atoms with Gasteiger partial charge in [0, 0.05) is 51.2 Å². The molecule has 2 aliphatic rings. The molecule has 0 radical (unpaired) electrons. The molecule has 0 saturated carbocycles. The summed E-state index contributed by atoms with van der Waals surface area (Å²) in [6.07, 6.45) is 2.30. The molecule has 2 aliphatic heterocycles. The average Bonchev–Trinajstić information content (AvgIpc) is 3.34. The minimum Gasteiger partial charge on any atom is -0.351 e. The number of carbonyl (C=O) groups excluding carboxylic acids is 1. The summed E-state index contributed by atoms with van der Waals surface area (Å²) in [7, 11) is 1.84. The number of carbonyl (C=O) groups is 1. The van der Waals surface area contributed by atoms with Crippen molar-refractivity contribution in [3.05, 3.63) is 21.9 Å². The van der Waals surface area contributed by atoms with Crippen molar-refractivity contribution in [1.29, 1.82) is 0 Å². The molecule has 27 heavy (non-hydrogen) atoms. The van der Waals surface area contributed by atoms with E-state index in [1.165, 1.54) is 10.4 Å². The fraction of sp³-hybridized carbons (Fsp3) is 0.684. The van der Waals surface area contributed by atoms with Crippen LogP contribution >= 0.6 is 35.3 Å². The van der Waals surface area contributed by atoms with Gasteiger partial charge >= 0.3 is 0 Å². The number of likely N-dealkylation sites (tertiary alicyclic amines) is 1. The van der Waals surface area contributed by atoms with Gasteiger partial charge in [0.1, 0.15) is 0 Å². The number of rotatable bonds is 4. The highest BCUT2D eigenvalue weighted by molar-refractivity contribution is 14.0. The number of aryl methyl sites for hydroxylation is 1. The van der Waals surface area contributed by atoms with Crippen LogP contribution in [0, 0.1) is 6.92 Å². The van der Waals surface area contributed by atoms with Crippen molar-refractivity contribution in [2.24, 2.45) is 4.99 Å². The Balaban J connectivity index is 0.00000261. The van der Waals surface area contributed by atoms with E-state index in [1.54, 1.807) is 11.3 Å². The molecule has 0 bridgehead atoms. The zero-order valence-corrected chi connectivity index (χ0v) is 19.8. The van der Waals surface area contributed by atoms with Crippen LogP contribution < -0.4 is 5.32 Å². The summed E-state index contributed by atoms with van der Waals surface area (Å²) in [4.78, 5) is 25.1. The molecule has 1 aromatic heterocycles. The Morgan fingerprint density at radius 2 is 1.85 bits per heavy atom. The van der Waals surface area contributed by atoms with Crippen LogP contribution in [0.5, 0.6) is 0 Å². The summed E-state index contributed by atoms with van der Waals surface area (Å²) in [5.74, 6) is 1.25. The second-order valence-corrected chi connectivity index (χ2v) is 8.16. The minimum absolute atomic E-state index is 0. The number of amides is 1. The quantitative estimate of drug-likeness (QED) is 0.388. The highest BCUT2D eigenvalue weighted by Gasteiger charge is 2.30. The van der Waals surface area contributed by atoms with Gasteiger partial charge < -0.3 is 15.1 Å². The molecule has 1 unspecified atom stereocenters. The van der Waals surface area contributed by atoms with E-state index in [-0.39, 0.29) is 30.0 Å². The Hall–Kier alpha value is -0.870. The predicted octanol–water partition coefficient (Wildman–Crippen LogP) is 2.38. The molecule has 3 rings (SSSR count). The van der Waals surface area contributed by atoms with Gasteiger partial charge in [-0.25, -0.2) is 0 Å². The van der Waals surface area contributed by atoms with Gasteiger partial charge in [-0.1, -0.05) is 0 Å². The van der Waals surface area contributed by atoms with E-state index in [9.17, 15) is 4.79 Å². The lowest BCUT2D eigenvalue weighted by atomic mass is 10.2. The Morgan fingerprint density at radius 3 is 2.41 bits per heavy atom. The largest absolute Gasteiger partial charge is 0.351 e. The van der Waals surface area contributed by atoms with Crippen LogP contribution in [0.3, 0.4) is 0 Å². The third-order valence-corrected chi connectivity index (χ3v) is 6.55. The highest BCUT2D eigenvalue weighted by Crippen LogP contribution is 2.16. The number of hydrogen-bond acceptors (Lipinski definition) is 4. The Kier molecular flexibility index (Phi) is 8.81. The zero-order valence-electron chi connectivity index (χ0n) is 16.6. The van der Waals surface area contributed by atoms with Crippen LogP contribution in [-0.2, 0) is 11.3 Å². The van der Waals surface area contributed by atoms with Crippen LogP contribution in [0.15, 0.2) is 16.4 Å². The molecule has 6 nitrogen and oxygen atoms in total. The molecular formula is C19H32IN5OS. The Bertz CT molecular complexity index is 636. The third kappa shape index (κ3) is 5.57. The molecule has 152 valence electrons. The van der Waals surface area contributed by atoms with Crippen molar-refractivity contribution in [3.8, 4) is 0 Å². The second kappa shape index (κ2) is 10.6. The zero-order chi connectivity index (χ0) is 18.5. The number of aliphatic imine (C=N–C) groups is 1. The number of hydrogen-bond donors (Lipinski definition) is 1. The number of thiophene rings is 1. The maximum Gasteiger partial charge on any atom is 0.239 e. The first-order chi connectivity index (χ1) is 12.6. The summed E-state index contributed by atoms with van der Waals surface area (Å²) < 4.78 is 0. The van der Waals surface area contributed by atoms with Gasteiger partial charge in [0.2, 0.25) is 5.91 Å². The van der Waals surface area contributed by atoms with Crippen LogP contribution in [0.4, 0.5) is 0 Å². The molecule has 1 atom stereocenters. The molecule has 0 spiro atoms. The van der Waals surface area contributed by atoms with E-state index in [0.717, 1.165) is 64.6 Å². The topological polar surface area (TPSA) is 51.2 Å². The van der Waals surface area contributed by atoms with Gasteiger partial charge in [0.15, 0.2) is 5.96 Å². The van der Waals surface area contributed by atoms with E-state index < -0.39 is 0 Å². The molecule has 0 aromatic carbocycles. The SMILES string of the molecule is CN=C(NCc1sccc1C)N1CCN(C(C)C(=O)N2CCCC2)CC1.I. The van der Waals surface area contributed by atoms with Crippen LogP contribution in [-0.4, -0.2) is 78.9 Å². The smallest absolute Gasteiger partial charge is 0.239 e. The first kappa shape index (κ1) is 22.4. The van der Waals surface area contributed by atoms with E-state index in [4.69, 9.17) is 0 Å². The molecule has 3 heterocycles. The van der Waals surface area contributed by atoms with Crippen LogP contribution in [0.1, 0.15) is 30.2 Å². The van der Waals surface area contributed by atoms with Gasteiger partial charge in [-0.15, -0.1) is 35.3 Å². The number of nitrogens with one attached hydrogen (secondary N) is 1. The lowest BCUT2D eigenvalue weighted by molar-refractivity contribution is -0.135. The van der Waals surface area contributed by atoms with Crippen LogP contribution in [0.2, 0.25) is 0 Å². The van der Waals surface area contributed by atoms with Gasteiger partial charge in [-0.2, -0.15) is 0 Å². The molecule has 2 saturated heterocycles. The van der Waals surface area contributed by atoms with Gasteiger partial charge in [0.25, 0.3) is 0 Å². The number of guanidine groups is 1. The minimum atomic E-state index is -0.0148. The lowest BCUT2D eigenvalue weighted by Gasteiger charge is -2.39. The Morgan fingerprint density at radius 1 is 1.19 bits per heavy atom. The molecule has 8 heteroatoms. The van der Waals surface area contributed by atoms with Gasteiger partial charge in [0.05, 0.1) is 12.6 Å². The first-order valence-corrected chi connectivity index (χ1v) is 10.5. The van der Waals surface area contributed by atoms with Crippen molar-refractivity contribution in [3.63, 3.8) is 0 Å². The normalized spacial score (nSPS) is 19.7. The van der Waals surface area contributed by atoms with Crippen molar-refractivity contribution in [1.82, 2.24) is 20.0 Å². The summed E-state index contributed by atoms with van der Waals surface area (Å²) in [5.41, 5.74) is 1.33. The van der Waals surface area contributed by atoms with Crippen molar-refractivity contribution < 1.29 is 4.79 Å². The van der Waals surface area contributed by atoms with E-state index in [0.29, 0.717) is 5.91 Å². The molecular weight excluding hydrogens is 473 g/mol. The maximum atomic E-state index is 12.6. The molecule has 1 amide bonds. The van der Waals surface area contributed by atoms with Gasteiger partial charge in [-0.3, -0.25) is 14.7 Å². The van der Waals surface area contributed by atoms with E-state index in [2.05, 4.69) is 45.4 Å². The van der Waals surface area contributed by atoms with Crippen molar-refractivity contribution in [2.45, 2.75) is 39.3 Å². The predicted molar refractivity (Wildman–Crippen MR) is 123 cm³/mol. The summed E-state index contributed by atoms with van der Waals surface area (Å²) in [5, 5.41) is 5.62. The third-order valence-electron chi connectivity index (χ3n) is 5.52. The van der Waals surface area contributed by atoms with E-state index >= 15 is 0 Å². The highest BCUT2D eigenvalue weighted by atomic mass is 127. The molecule has 1 N–H and O–H groups in total. The summed E-state index contributed by atoms with van der Waals surface area (Å²) in [6.45, 7) is 10.5. The Labute approximate surface area is 184 Å². The fourth-order valence-electron chi connectivity index (χ4n) is 3.76. The standard InChI is InChI=1S/C19H31N5OS.HI/c1-15-6-13-26-17(15)14-21-19(20-3)24-11-9-22(10-12-24)16(2)18(25)23-7-4-5-8-23;/h6,13,16H,4-5,7-12,14H2,1-3H3,(H,20,21);1H. The second-order valence-electron chi connectivity index (χ2n) is 7.16. The average molecular weight is 505 g/mol. The van der Waals surface area contributed by atoms with Crippen LogP contribution in [0.25, 0.3) is 0 Å². The monoisotopic (exact) mass is 505 g/mol. The van der Waals surface area contributed by atoms with Gasteiger partial charge in [-0.05, 0) is 43.7 Å². The molecule has 1 aromatic rings. The number of nitrogens with zero attached hydrogens (tertiary/aromatic N) is 4. The van der Waals surface area contributed by atoms with E-state index in [1.807, 2.05) is 11.9 Å². The first-order valence-electron chi connectivity index (χ1n) is 9.61. The molecule has 0 aliphatic carbocycles. The fourth-order valence-corrected chi connectivity index (χ4v) is 4.60. The van der Waals surface area contributed by atoms with Crippen molar-refractivity contribution in [2.75, 3.05) is 46.3 Å². The van der Waals surface area contributed by atoms with Crippen molar-refractivity contribution >= 4 is 47.2 Å². The number of halogens is 1. The maximum absolute atomic E-state index is 12.6. The number of piperazine rings is 1. The summed E-state index contributed by atoms with van der Waals surface area (Å²) >= 11 is 1.78. The lowest BCUT2D eigenvalue weighted by Crippen LogP contribution is -2.57.